The number of carbonyl (C=O) groups excluding carboxylic acids is 1. The molecule has 0 bridgehead atoms. The fourth-order valence-corrected chi connectivity index (χ4v) is 3.12. The maximum Gasteiger partial charge on any atom is 0.297 e. The minimum atomic E-state index is -0.452. The fourth-order valence-electron chi connectivity index (χ4n) is 3.12. The van der Waals surface area contributed by atoms with E-state index in [0.717, 1.165) is 0 Å². The van der Waals surface area contributed by atoms with Crippen LogP contribution in [0.15, 0.2) is 0 Å². The number of nitrogens with one attached hydrogen (secondary N) is 1. The molecule has 0 atom stereocenters. The second kappa shape index (κ2) is 12.9. The lowest BCUT2D eigenvalue weighted by Gasteiger charge is -2.51. The number of hydrogen-bond acceptors (Lipinski definition) is 3. The Kier molecular flexibility index (Phi) is 10.2. The van der Waals surface area contributed by atoms with Gasteiger partial charge in [0.05, 0.1) is 0 Å². The first-order valence-electron chi connectivity index (χ1n) is 9.45. The molecular formula is C28H50N2O2. The first-order valence-corrected chi connectivity index (χ1v) is 9.45. The zero-order chi connectivity index (χ0) is 23.9. The van der Waals surface area contributed by atoms with Crippen molar-refractivity contribution in [3.05, 3.63) is 0 Å². The largest absolute Gasteiger partial charge is 0.342 e. The summed E-state index contributed by atoms with van der Waals surface area (Å²) >= 11 is 0. The molecular weight excluding hydrogens is 396 g/mol. The highest BCUT2D eigenvalue weighted by Crippen LogP contribution is 2.36. The minimum Gasteiger partial charge on any atom is -0.342 e. The predicted molar refractivity (Wildman–Crippen MR) is 156 cm³/mol. The Morgan fingerprint density at radius 2 is 1.12 bits per heavy atom. The van der Waals surface area contributed by atoms with Crippen molar-refractivity contribution in [2.45, 2.75) is 57.7 Å². The molecule has 0 saturated carbocycles. The van der Waals surface area contributed by atoms with Gasteiger partial charge in [0.15, 0.2) is 0 Å². The fraction of sp³-hybridized carbons (Fsp3) is 0.321. The minimum absolute atomic E-state index is 0. The lowest BCUT2D eigenvalue weighted by Crippen LogP contribution is -2.62. The van der Waals surface area contributed by atoms with Crippen LogP contribution in [0.25, 0.3) is 0 Å². The summed E-state index contributed by atoms with van der Waals surface area (Å²) in [7, 11) is 0. The molecule has 1 amide bonds. The van der Waals surface area contributed by atoms with E-state index in [9.17, 15) is 10.0 Å². The molecule has 4 heteroatoms. The van der Waals surface area contributed by atoms with Crippen molar-refractivity contribution in [2.75, 3.05) is 0 Å². The molecule has 0 spiro atoms. The number of hydroxylamine groups is 2. The topological polar surface area (TPSA) is 52.6 Å². The molecule has 1 rings (SSSR count). The number of piperidine rings is 1. The smallest absolute Gasteiger partial charge is 0.297 e. The molecule has 0 aromatic carbocycles. The first-order chi connectivity index (χ1) is 15.2. The van der Waals surface area contributed by atoms with Crippen LogP contribution in [-0.2, 0) is 4.79 Å². The van der Waals surface area contributed by atoms with E-state index < -0.39 is 17.0 Å². The van der Waals surface area contributed by atoms with E-state index >= 15 is 0 Å². The van der Waals surface area contributed by atoms with Crippen molar-refractivity contribution < 1.29 is 31.4 Å². The molecule has 0 aromatic heterocycles. The standard InChI is InChI=1S/C28H20N2O2.15H2/c1-6-7-8-9-10-11-12-13-14-15-16-17-18-19-20-21-22-26(31)29-25-23-27(2,3)30(32)28(4,5)24-25;;;;;;;;;;;;;;;/h1,25,32H,23-24H2,2-5H3,(H,29,31);15*1H. The molecule has 0 unspecified atom stereocenters. The summed E-state index contributed by atoms with van der Waals surface area (Å²) in [5.41, 5.74) is -0.904. The first kappa shape index (κ1) is 25.5. The van der Waals surface area contributed by atoms with E-state index in [1.807, 2.05) is 27.7 Å². The van der Waals surface area contributed by atoms with Crippen LogP contribution >= 0.6 is 0 Å². The van der Waals surface area contributed by atoms with Gasteiger partial charge in [-0.15, -0.1) is 6.42 Å². The molecule has 1 aliphatic rings. The van der Waals surface area contributed by atoms with E-state index in [1.54, 1.807) is 0 Å². The van der Waals surface area contributed by atoms with Crippen molar-refractivity contribution >= 4 is 5.91 Å². The Balaban J connectivity index is -0.0000000525. The van der Waals surface area contributed by atoms with Gasteiger partial charge in [0, 0.05) is 44.4 Å². The highest BCUT2D eigenvalue weighted by molar-refractivity contribution is 5.94. The van der Waals surface area contributed by atoms with Crippen LogP contribution < -0.4 is 5.32 Å². The van der Waals surface area contributed by atoms with Gasteiger partial charge >= 0.3 is 0 Å². The van der Waals surface area contributed by atoms with E-state index in [4.69, 9.17) is 6.42 Å². The molecule has 1 aliphatic heterocycles. The molecule has 0 radical (unpaired) electrons. The normalized spacial score (nSPS) is 14.4. The van der Waals surface area contributed by atoms with Gasteiger partial charge in [0.1, 0.15) is 0 Å². The number of rotatable bonds is 1. The van der Waals surface area contributed by atoms with Crippen molar-refractivity contribution in [1.82, 2.24) is 10.4 Å². The van der Waals surface area contributed by atoms with Crippen LogP contribution in [0.1, 0.15) is 61.9 Å². The average Bonchev–Trinajstić information content (AvgIpc) is 2.71. The Bertz CT molecular complexity index is 1320. The number of amides is 1. The Labute approximate surface area is 213 Å². The summed E-state index contributed by atoms with van der Waals surface area (Å²) in [5, 5.41) is 14.5. The third-order valence-corrected chi connectivity index (χ3v) is 4.10. The Hall–Kier alpha value is -4.57. The summed E-state index contributed by atoms with van der Waals surface area (Å²) in [5.74, 6) is 41.1. The van der Waals surface area contributed by atoms with Crippen LogP contribution in [-0.4, -0.2) is 33.3 Å². The van der Waals surface area contributed by atoms with Crippen molar-refractivity contribution in [2.24, 2.45) is 0 Å². The van der Waals surface area contributed by atoms with Crippen LogP contribution in [0.2, 0.25) is 0 Å². The summed E-state index contributed by atoms with van der Waals surface area (Å²) in [6.07, 6.45) is 6.15. The second-order valence-corrected chi connectivity index (χ2v) is 7.66. The van der Waals surface area contributed by atoms with Crippen LogP contribution in [0, 0.1) is 107 Å². The van der Waals surface area contributed by atoms with Crippen molar-refractivity contribution in [1.29, 1.82) is 0 Å². The number of nitrogens with zero attached hydrogens (tertiary/aromatic N) is 1. The molecule has 0 aromatic rings. The molecule has 184 valence electrons. The van der Waals surface area contributed by atoms with Crippen LogP contribution in [0.4, 0.5) is 0 Å². The lowest BCUT2D eigenvalue weighted by molar-refractivity contribution is -0.245. The zero-order valence-corrected chi connectivity index (χ0v) is 18.4. The van der Waals surface area contributed by atoms with Gasteiger partial charge in [0.2, 0.25) is 0 Å². The summed E-state index contributed by atoms with van der Waals surface area (Å²) < 4.78 is 0. The van der Waals surface area contributed by atoms with Gasteiger partial charge in [-0.3, -0.25) is 4.79 Å². The third-order valence-electron chi connectivity index (χ3n) is 4.10. The molecule has 4 nitrogen and oxygen atoms in total. The summed E-state index contributed by atoms with van der Waals surface area (Å²) in [4.78, 5) is 12.0. The van der Waals surface area contributed by atoms with E-state index in [2.05, 4.69) is 106 Å². The van der Waals surface area contributed by atoms with Crippen LogP contribution in [0.5, 0.6) is 0 Å². The molecule has 32 heavy (non-hydrogen) atoms. The van der Waals surface area contributed by atoms with Gasteiger partial charge in [-0.1, -0.05) is 0 Å². The highest BCUT2D eigenvalue weighted by atomic mass is 16.5. The van der Waals surface area contributed by atoms with Crippen molar-refractivity contribution in [3.8, 4) is 107 Å². The molecule has 1 fully saturated rings. The van der Waals surface area contributed by atoms with Crippen molar-refractivity contribution in [3.63, 3.8) is 0 Å². The second-order valence-electron chi connectivity index (χ2n) is 7.66. The molecule has 0 aliphatic carbocycles. The maximum absolute atomic E-state index is 12.0. The van der Waals surface area contributed by atoms with Gasteiger partial charge in [-0.05, 0) is 135 Å². The van der Waals surface area contributed by atoms with Gasteiger partial charge in [-0.25, -0.2) is 0 Å². The number of carbonyl (C=O) groups is 1. The molecule has 1 saturated heterocycles. The van der Waals surface area contributed by atoms with Crippen LogP contribution in [0.3, 0.4) is 0 Å². The Morgan fingerprint density at radius 1 is 0.781 bits per heavy atom. The highest BCUT2D eigenvalue weighted by Gasteiger charge is 2.45. The maximum atomic E-state index is 12.0. The quantitative estimate of drug-likeness (QED) is 0.565. The molecule has 1 heterocycles. The SMILES string of the molecule is C#CC#CC#CC#CC#CC#CC#CC#CC#CC(=O)NC1CC(C)(C)N(O)C(C)(C)C1.[HH].[HH].[HH].[HH].[HH].[HH].[HH].[HH].[HH].[HH].[HH].[HH].[HH].[HH].[HH]. The molecule has 2 N–H and O–H groups in total. The zero-order valence-electron chi connectivity index (χ0n) is 18.4. The third kappa shape index (κ3) is 9.76. The van der Waals surface area contributed by atoms with E-state index in [1.165, 1.54) is 5.06 Å². The summed E-state index contributed by atoms with van der Waals surface area (Å²) in [6, 6.07) is -0.0896. The van der Waals surface area contributed by atoms with E-state index in [-0.39, 0.29) is 27.4 Å². The van der Waals surface area contributed by atoms with Gasteiger partial charge in [-0.2, -0.15) is 5.06 Å². The van der Waals surface area contributed by atoms with Gasteiger partial charge in [0.25, 0.3) is 5.91 Å². The Morgan fingerprint density at radius 3 is 1.50 bits per heavy atom. The number of terminal acetylenes is 1. The summed E-state index contributed by atoms with van der Waals surface area (Å²) in [6.45, 7) is 7.72. The number of hydrogen-bond donors (Lipinski definition) is 2. The lowest BCUT2D eigenvalue weighted by atomic mass is 9.79. The average molecular weight is 447 g/mol. The predicted octanol–water partition coefficient (Wildman–Crippen LogP) is 4.86. The van der Waals surface area contributed by atoms with E-state index in [0.29, 0.717) is 12.8 Å². The monoisotopic (exact) mass is 446 g/mol. The van der Waals surface area contributed by atoms with Gasteiger partial charge < -0.3 is 10.5 Å².